The average molecular weight is 1220 g/mol. The highest BCUT2D eigenvalue weighted by Crippen LogP contribution is 2.54. The molecule has 4 aliphatic rings. The number of ketones is 2. The van der Waals surface area contributed by atoms with Gasteiger partial charge in [-0.15, -0.1) is 0 Å². The molecule has 0 fully saturated rings. The van der Waals surface area contributed by atoms with Crippen LogP contribution in [0.3, 0.4) is 0 Å². The molecule has 460 valence electrons. The zero-order valence-electron chi connectivity index (χ0n) is 52.7. The lowest BCUT2D eigenvalue weighted by molar-refractivity contribution is -0.645. The minimum absolute atomic E-state index is 0.0703. The van der Waals surface area contributed by atoms with E-state index in [4.69, 9.17) is 9.98 Å². The van der Waals surface area contributed by atoms with E-state index in [2.05, 4.69) is 232 Å². The van der Waals surface area contributed by atoms with Crippen molar-refractivity contribution in [2.75, 3.05) is 0 Å². The van der Waals surface area contributed by atoms with Gasteiger partial charge < -0.3 is 19.8 Å². The number of fused-ring (bicyclic) bond motifs is 8. The molecule has 0 bridgehead atoms. The Labute approximate surface area is 538 Å². The van der Waals surface area contributed by atoms with Gasteiger partial charge in [-0.2, -0.15) is 9.98 Å². The number of carboxylic acids is 2. The minimum atomic E-state index is -1.65. The van der Waals surface area contributed by atoms with Gasteiger partial charge in [-0.3, -0.25) is 19.6 Å². The van der Waals surface area contributed by atoms with Gasteiger partial charge in [0.2, 0.25) is 11.7 Å². The molecule has 2 aromatic heterocycles. The van der Waals surface area contributed by atoms with Crippen molar-refractivity contribution in [1.29, 1.82) is 0 Å². The maximum atomic E-state index is 11.2. The van der Waals surface area contributed by atoms with Crippen LogP contribution in [0.5, 0.6) is 0 Å². The van der Waals surface area contributed by atoms with Crippen molar-refractivity contribution in [3.63, 3.8) is 0 Å². The van der Waals surface area contributed by atoms with Crippen LogP contribution in [0.4, 0.5) is 34.1 Å². The topological polar surface area (TPSA) is 174 Å². The third-order valence-electron chi connectivity index (χ3n) is 18.8. The number of pyridine rings is 2. The van der Waals surface area contributed by atoms with Crippen molar-refractivity contribution in [2.45, 2.75) is 103 Å². The van der Waals surface area contributed by atoms with Gasteiger partial charge in [-0.25, -0.2) is 9.80 Å². The summed E-state index contributed by atoms with van der Waals surface area (Å²) in [5.41, 5.74) is 21.9. The van der Waals surface area contributed by atoms with E-state index in [-0.39, 0.29) is 10.8 Å². The van der Waals surface area contributed by atoms with Crippen LogP contribution in [0, 0.1) is 0 Å². The Kier molecular flexibility index (Phi) is 19.1. The lowest BCUT2D eigenvalue weighted by Gasteiger charge is -2.30. The Morgan fingerprint density at radius 2 is 0.717 bits per heavy atom. The summed E-state index contributed by atoms with van der Waals surface area (Å²) in [5.74, 6) is -4.35. The second-order valence-electron chi connectivity index (χ2n) is 23.4. The summed E-state index contributed by atoms with van der Waals surface area (Å²) in [5, 5.41) is 20.8. The molecule has 10 aromatic rings. The Bertz CT molecular complexity index is 4110. The van der Waals surface area contributed by atoms with Crippen LogP contribution in [-0.4, -0.2) is 45.1 Å². The number of carbonyl (C=O) groups is 4. The lowest BCUT2D eigenvalue weighted by atomic mass is 9.73. The van der Waals surface area contributed by atoms with Gasteiger partial charge in [0.25, 0.3) is 0 Å². The van der Waals surface area contributed by atoms with E-state index in [1.165, 1.54) is 101 Å². The molecule has 14 rings (SSSR count). The fourth-order valence-electron chi connectivity index (χ4n) is 14.1. The molecule has 0 amide bonds. The van der Waals surface area contributed by atoms with Crippen molar-refractivity contribution in [1.82, 2.24) is 9.97 Å². The van der Waals surface area contributed by atoms with E-state index < -0.39 is 35.3 Å². The first-order valence-electron chi connectivity index (χ1n) is 31.9. The van der Waals surface area contributed by atoms with Crippen LogP contribution in [0.2, 0.25) is 0 Å². The fourth-order valence-corrected chi connectivity index (χ4v) is 14.1. The van der Waals surface area contributed by atoms with Crippen LogP contribution in [0.1, 0.15) is 137 Å². The molecule has 92 heavy (non-hydrogen) atoms. The van der Waals surface area contributed by atoms with E-state index in [1.54, 1.807) is 50.2 Å². The average Bonchev–Trinajstić information content (AvgIpc) is 1.58. The normalized spacial score (nSPS) is 15.8. The Morgan fingerprint density at radius 1 is 0.380 bits per heavy atom. The Morgan fingerprint density at radius 3 is 1.07 bits per heavy atom. The summed E-state index contributed by atoms with van der Waals surface area (Å²) >= 11 is 0. The SMILES string of the molecule is CCC(C(=O)C(=O)[O-])c1ccccn1.CCC(C(=O)C(=O)[O-])c1ccccn1.CCC1(CC)c2ccccc2-c2ccc(C3=Nc4ccccc4[NH+]3c3ccccc3)cc21.CCC1(CC)c2ccccc2-c2ccc(C3=Nc4ccccc4[NH+]3c3ccccc3)cc21. The molecule has 0 spiro atoms. The maximum Gasteiger partial charge on any atom is 0.244 e. The van der Waals surface area contributed by atoms with Gasteiger partial charge in [0, 0.05) is 35.4 Å². The Hall–Kier alpha value is -10.4. The first kappa shape index (κ1) is 63.2. The zero-order valence-corrected chi connectivity index (χ0v) is 52.7. The van der Waals surface area contributed by atoms with Crippen LogP contribution in [-0.2, 0) is 30.0 Å². The molecule has 0 saturated carbocycles. The number of rotatable bonds is 16. The van der Waals surface area contributed by atoms with E-state index >= 15 is 0 Å². The number of aliphatic carboxylic acids is 2. The van der Waals surface area contributed by atoms with Crippen LogP contribution in [0.15, 0.2) is 253 Å². The number of hydrogen-bond acceptors (Lipinski definition) is 10. The van der Waals surface area contributed by atoms with Crippen LogP contribution in [0.25, 0.3) is 22.3 Å². The third-order valence-corrected chi connectivity index (χ3v) is 18.8. The molecule has 12 nitrogen and oxygen atoms in total. The first-order chi connectivity index (χ1) is 44.9. The van der Waals surface area contributed by atoms with E-state index in [0.717, 1.165) is 48.7 Å². The first-order valence-corrected chi connectivity index (χ1v) is 31.9. The molecule has 12 heteroatoms. The maximum absolute atomic E-state index is 11.2. The molecule has 4 atom stereocenters. The van der Waals surface area contributed by atoms with Gasteiger partial charge in [-0.05, 0) is 168 Å². The standard InChI is InChI=1S/2C30H26N2.2C10H11NO3/c2*1-3-30(4-2)25-15-9-8-14-23(25)24-19-18-21(20-26(24)30)29-31-27-16-10-11-17-28(27)32(29)22-12-6-5-7-13-22;2*1-2-7(9(12)10(13)14)8-5-3-4-6-11-8/h2*5-20H,3-4H2,1-2H3;2*3-7H,2H2,1H3,(H,13,14). The second-order valence-corrected chi connectivity index (χ2v) is 23.4. The molecular weight excluding hydrogens is 1140 g/mol. The number of nitrogens with one attached hydrogen (secondary N) is 2. The largest absolute Gasteiger partial charge is 0.542 e. The number of para-hydroxylation sites is 6. The summed E-state index contributed by atoms with van der Waals surface area (Å²) in [6, 6.07) is 80.4. The van der Waals surface area contributed by atoms with E-state index in [9.17, 15) is 29.4 Å². The van der Waals surface area contributed by atoms with E-state index in [1.807, 2.05) is 0 Å². The van der Waals surface area contributed by atoms with Crippen molar-refractivity contribution < 1.29 is 39.2 Å². The van der Waals surface area contributed by atoms with Crippen LogP contribution < -0.4 is 20.0 Å². The second kappa shape index (κ2) is 27.8. The smallest absolute Gasteiger partial charge is 0.244 e. The van der Waals surface area contributed by atoms with E-state index in [0.29, 0.717) is 24.2 Å². The molecule has 2 aliphatic carbocycles. The Balaban J connectivity index is 0.000000135. The number of aliphatic imine (C=N–C) groups is 2. The van der Waals surface area contributed by atoms with Crippen molar-refractivity contribution >= 4 is 69.3 Å². The van der Waals surface area contributed by atoms with Gasteiger partial charge in [0.1, 0.15) is 34.7 Å². The fraction of sp³-hybridized carbons (Fsp3) is 0.200. The number of nitrogens with zero attached hydrogens (tertiary/aromatic N) is 4. The van der Waals surface area contributed by atoms with Gasteiger partial charge >= 0.3 is 0 Å². The third kappa shape index (κ3) is 11.9. The highest BCUT2D eigenvalue weighted by Gasteiger charge is 2.44. The summed E-state index contributed by atoms with van der Waals surface area (Å²) in [6.07, 6.45) is 8.25. The number of aromatic nitrogens is 2. The number of amidine groups is 2. The molecule has 0 saturated heterocycles. The minimum Gasteiger partial charge on any atom is -0.542 e. The molecule has 4 unspecified atom stereocenters. The number of carboxylic acid groups (broad SMARTS) is 2. The van der Waals surface area contributed by atoms with Gasteiger partial charge in [-0.1, -0.05) is 175 Å². The quantitative estimate of drug-likeness (QED) is 0.0899. The predicted octanol–water partition coefficient (Wildman–Crippen LogP) is 13.2. The number of Topliss-reactive ketones (excluding diaryl/α,β-unsaturated/α-hetero) is 2. The van der Waals surface area contributed by atoms with Crippen LogP contribution >= 0.6 is 0 Å². The molecule has 2 N–H and O–H groups in total. The molecular formula is C80H74N6O6. The summed E-state index contributed by atoms with van der Waals surface area (Å²) < 4.78 is 0. The van der Waals surface area contributed by atoms with Gasteiger partial charge in [0.15, 0.2) is 22.9 Å². The predicted molar refractivity (Wildman–Crippen MR) is 360 cm³/mol. The highest BCUT2D eigenvalue weighted by molar-refractivity contribution is 6.34. The summed E-state index contributed by atoms with van der Waals surface area (Å²) in [6.45, 7) is 12.8. The molecule has 8 aromatic carbocycles. The number of hydrogen-bond donors (Lipinski definition) is 2. The van der Waals surface area contributed by atoms with Crippen molar-refractivity contribution in [2.24, 2.45) is 9.98 Å². The zero-order chi connectivity index (χ0) is 64.5. The molecule has 2 aliphatic heterocycles. The number of benzene rings is 8. The lowest BCUT2D eigenvalue weighted by Crippen LogP contribution is -3.04. The monoisotopic (exact) mass is 1210 g/mol. The summed E-state index contributed by atoms with van der Waals surface area (Å²) in [4.78, 5) is 63.7. The van der Waals surface area contributed by atoms with Gasteiger partial charge in [0.05, 0.1) is 34.4 Å². The summed E-state index contributed by atoms with van der Waals surface area (Å²) in [7, 11) is 0. The number of carbonyl (C=O) groups excluding carboxylic acids is 4. The highest BCUT2D eigenvalue weighted by atomic mass is 16.4. The molecule has 0 radical (unpaired) electrons. The number of quaternary nitrogens is 2. The molecule has 4 heterocycles. The van der Waals surface area contributed by atoms with Crippen molar-refractivity contribution in [3.05, 3.63) is 288 Å². The van der Waals surface area contributed by atoms with Crippen molar-refractivity contribution in [3.8, 4) is 22.3 Å².